The van der Waals surface area contributed by atoms with Gasteiger partial charge in [-0.05, 0) is 43.0 Å². The summed E-state index contributed by atoms with van der Waals surface area (Å²) in [7, 11) is -3.37. The maximum Gasteiger partial charge on any atom is 0.240 e. The van der Waals surface area contributed by atoms with Gasteiger partial charge in [-0.2, -0.15) is 0 Å². The molecule has 2 rings (SSSR count). The highest BCUT2D eigenvalue weighted by atomic mass is 32.2. The van der Waals surface area contributed by atoms with E-state index in [1.807, 2.05) is 19.1 Å². The minimum absolute atomic E-state index is 0.360. The fourth-order valence-corrected chi connectivity index (χ4v) is 3.87. The normalized spacial score (nSPS) is 17.0. The monoisotopic (exact) mass is 310 g/mol. The molecule has 4 nitrogen and oxygen atoms in total. The van der Waals surface area contributed by atoms with Crippen LogP contribution in [0.25, 0.3) is 0 Å². The molecule has 0 radical (unpaired) electrons. The molecule has 0 saturated heterocycles. The van der Waals surface area contributed by atoms with Crippen molar-refractivity contribution in [2.45, 2.75) is 50.5 Å². The lowest BCUT2D eigenvalue weighted by Crippen LogP contribution is -2.30. The second kappa shape index (κ2) is 7.92. The van der Waals surface area contributed by atoms with Gasteiger partial charge in [0.05, 0.1) is 4.90 Å². The average molecular weight is 310 g/mol. The van der Waals surface area contributed by atoms with Gasteiger partial charge in [0.1, 0.15) is 0 Å². The van der Waals surface area contributed by atoms with E-state index >= 15 is 0 Å². The summed E-state index contributed by atoms with van der Waals surface area (Å²) in [5.74, 6) is 0.501. The molecule has 0 aromatic heterocycles. The van der Waals surface area contributed by atoms with Crippen LogP contribution in [0.1, 0.15) is 44.6 Å². The fraction of sp³-hybridized carbons (Fsp3) is 0.625. The summed E-state index contributed by atoms with van der Waals surface area (Å²) in [6, 6.07) is 7.13. The highest BCUT2D eigenvalue weighted by Crippen LogP contribution is 2.23. The predicted octanol–water partition coefficient (Wildman–Crippen LogP) is 2.65. The molecular weight excluding hydrogens is 284 g/mol. The van der Waals surface area contributed by atoms with Crippen molar-refractivity contribution in [2.75, 3.05) is 13.1 Å². The first-order valence-corrected chi connectivity index (χ1v) is 9.39. The van der Waals surface area contributed by atoms with Crippen molar-refractivity contribution in [1.82, 2.24) is 10.0 Å². The molecule has 0 atom stereocenters. The van der Waals surface area contributed by atoms with Crippen molar-refractivity contribution < 1.29 is 8.42 Å². The molecule has 5 heteroatoms. The minimum Gasteiger partial charge on any atom is -0.313 e. The number of hydrogen-bond donors (Lipinski definition) is 2. The van der Waals surface area contributed by atoms with E-state index in [0.29, 0.717) is 17.4 Å². The lowest BCUT2D eigenvalue weighted by atomic mass is 9.90. The van der Waals surface area contributed by atoms with Gasteiger partial charge < -0.3 is 5.32 Å². The molecule has 0 aliphatic heterocycles. The Kier molecular flexibility index (Phi) is 6.21. The standard InChI is InChI=1S/C16H26N2O2S/c1-2-17-12-15-8-10-16(11-9-15)21(19,20)18-13-14-6-4-3-5-7-14/h8-11,14,17-18H,2-7,12-13H2,1H3. The Morgan fingerprint density at radius 1 is 1.10 bits per heavy atom. The number of hydrogen-bond acceptors (Lipinski definition) is 3. The summed E-state index contributed by atoms with van der Waals surface area (Å²) in [4.78, 5) is 0.360. The van der Waals surface area contributed by atoms with E-state index in [1.165, 1.54) is 19.3 Å². The molecule has 0 bridgehead atoms. The molecule has 118 valence electrons. The topological polar surface area (TPSA) is 58.2 Å². The van der Waals surface area contributed by atoms with E-state index in [9.17, 15) is 8.42 Å². The van der Waals surface area contributed by atoms with Crippen molar-refractivity contribution in [3.8, 4) is 0 Å². The van der Waals surface area contributed by atoms with Gasteiger partial charge >= 0.3 is 0 Å². The van der Waals surface area contributed by atoms with Crippen molar-refractivity contribution in [3.05, 3.63) is 29.8 Å². The highest BCUT2D eigenvalue weighted by molar-refractivity contribution is 7.89. The quantitative estimate of drug-likeness (QED) is 0.814. The molecule has 0 spiro atoms. The SMILES string of the molecule is CCNCc1ccc(S(=O)(=O)NCC2CCCCC2)cc1. The number of sulfonamides is 1. The molecule has 0 unspecified atom stereocenters. The van der Waals surface area contributed by atoms with Gasteiger partial charge in [0, 0.05) is 13.1 Å². The van der Waals surface area contributed by atoms with Gasteiger partial charge in [0.25, 0.3) is 0 Å². The third-order valence-corrected chi connectivity index (χ3v) is 5.54. The Hall–Kier alpha value is -0.910. The second-order valence-corrected chi connectivity index (χ2v) is 7.55. The van der Waals surface area contributed by atoms with Crippen LogP contribution in [0.5, 0.6) is 0 Å². The lowest BCUT2D eigenvalue weighted by molar-refractivity contribution is 0.357. The van der Waals surface area contributed by atoms with Crippen LogP contribution in [0.15, 0.2) is 29.2 Å². The maximum absolute atomic E-state index is 12.3. The first-order valence-electron chi connectivity index (χ1n) is 7.91. The van der Waals surface area contributed by atoms with Crippen LogP contribution in [0.4, 0.5) is 0 Å². The molecule has 21 heavy (non-hydrogen) atoms. The van der Waals surface area contributed by atoms with Crippen molar-refractivity contribution in [1.29, 1.82) is 0 Å². The number of rotatable bonds is 7. The zero-order valence-electron chi connectivity index (χ0n) is 12.8. The maximum atomic E-state index is 12.3. The molecule has 2 N–H and O–H groups in total. The number of nitrogens with one attached hydrogen (secondary N) is 2. The number of benzene rings is 1. The van der Waals surface area contributed by atoms with Gasteiger partial charge in [-0.1, -0.05) is 38.3 Å². The highest BCUT2D eigenvalue weighted by Gasteiger charge is 2.18. The average Bonchev–Trinajstić information content (AvgIpc) is 2.52. The second-order valence-electron chi connectivity index (χ2n) is 5.78. The van der Waals surface area contributed by atoms with E-state index in [0.717, 1.165) is 31.5 Å². The zero-order valence-corrected chi connectivity index (χ0v) is 13.6. The molecule has 0 amide bonds. The van der Waals surface area contributed by atoms with Crippen LogP contribution in [-0.2, 0) is 16.6 Å². The molecule has 1 aromatic rings. The van der Waals surface area contributed by atoms with E-state index < -0.39 is 10.0 Å². The Morgan fingerprint density at radius 3 is 2.38 bits per heavy atom. The van der Waals surface area contributed by atoms with Gasteiger partial charge in [-0.3, -0.25) is 0 Å². The van der Waals surface area contributed by atoms with Crippen molar-refractivity contribution in [2.24, 2.45) is 5.92 Å². The molecule has 1 aromatic carbocycles. The van der Waals surface area contributed by atoms with E-state index in [4.69, 9.17) is 0 Å². The Labute approximate surface area is 128 Å². The van der Waals surface area contributed by atoms with E-state index in [-0.39, 0.29) is 0 Å². The molecule has 1 aliphatic carbocycles. The molecular formula is C16H26N2O2S. The predicted molar refractivity (Wildman–Crippen MR) is 85.6 cm³/mol. The van der Waals surface area contributed by atoms with E-state index in [2.05, 4.69) is 10.0 Å². The van der Waals surface area contributed by atoms with Crippen LogP contribution in [0.3, 0.4) is 0 Å². The summed E-state index contributed by atoms with van der Waals surface area (Å²) >= 11 is 0. The van der Waals surface area contributed by atoms with Crippen LogP contribution >= 0.6 is 0 Å². The Morgan fingerprint density at radius 2 is 1.76 bits per heavy atom. The van der Waals surface area contributed by atoms with Gasteiger partial charge in [-0.25, -0.2) is 13.1 Å². The van der Waals surface area contributed by atoms with Crippen molar-refractivity contribution in [3.63, 3.8) is 0 Å². The lowest BCUT2D eigenvalue weighted by Gasteiger charge is -2.21. The molecule has 1 saturated carbocycles. The van der Waals surface area contributed by atoms with Crippen molar-refractivity contribution >= 4 is 10.0 Å². The Balaban J connectivity index is 1.91. The van der Waals surface area contributed by atoms with Crippen LogP contribution < -0.4 is 10.0 Å². The summed E-state index contributed by atoms with van der Waals surface area (Å²) < 4.78 is 27.3. The first-order chi connectivity index (χ1) is 10.1. The smallest absolute Gasteiger partial charge is 0.240 e. The van der Waals surface area contributed by atoms with Gasteiger partial charge in [-0.15, -0.1) is 0 Å². The zero-order chi connectivity index (χ0) is 15.1. The summed E-state index contributed by atoms with van der Waals surface area (Å²) in [6.07, 6.45) is 6.03. The first kappa shape index (κ1) is 16.5. The molecule has 1 fully saturated rings. The third-order valence-electron chi connectivity index (χ3n) is 4.10. The van der Waals surface area contributed by atoms with Gasteiger partial charge in [0.15, 0.2) is 0 Å². The third kappa shape index (κ3) is 5.09. The molecule has 0 heterocycles. The Bertz CT molecular complexity index is 520. The minimum atomic E-state index is -3.37. The largest absolute Gasteiger partial charge is 0.313 e. The van der Waals surface area contributed by atoms with Crippen LogP contribution in [0, 0.1) is 5.92 Å². The molecule has 1 aliphatic rings. The summed E-state index contributed by atoms with van der Waals surface area (Å²) in [5, 5.41) is 3.23. The van der Waals surface area contributed by atoms with E-state index in [1.54, 1.807) is 12.1 Å². The summed E-state index contributed by atoms with van der Waals surface area (Å²) in [6.45, 7) is 4.30. The van der Waals surface area contributed by atoms with Crippen LogP contribution in [0.2, 0.25) is 0 Å². The van der Waals surface area contributed by atoms with Gasteiger partial charge in [0.2, 0.25) is 10.0 Å². The fourth-order valence-electron chi connectivity index (χ4n) is 2.76. The summed E-state index contributed by atoms with van der Waals surface area (Å²) in [5.41, 5.74) is 1.10. The van der Waals surface area contributed by atoms with Crippen LogP contribution in [-0.4, -0.2) is 21.5 Å².